The van der Waals surface area contributed by atoms with E-state index in [4.69, 9.17) is 5.73 Å². The molecule has 118 valence electrons. The third-order valence-electron chi connectivity index (χ3n) is 3.30. The van der Waals surface area contributed by atoms with Crippen LogP contribution in [-0.2, 0) is 5.41 Å². The van der Waals surface area contributed by atoms with Crippen LogP contribution in [0, 0.1) is 5.82 Å². The van der Waals surface area contributed by atoms with Crippen LogP contribution in [0.1, 0.15) is 19.4 Å². The lowest BCUT2D eigenvalue weighted by molar-refractivity contribution is 0.532. The Labute approximate surface area is 147 Å². The van der Waals surface area contributed by atoms with Crippen molar-refractivity contribution in [2.75, 3.05) is 11.9 Å². The minimum absolute atomic E-state index is 0. The highest BCUT2D eigenvalue weighted by atomic mass is 127. The Morgan fingerprint density at radius 3 is 2.45 bits per heavy atom. The first-order chi connectivity index (χ1) is 9.97. The van der Waals surface area contributed by atoms with Gasteiger partial charge < -0.3 is 11.1 Å². The van der Waals surface area contributed by atoms with Crippen LogP contribution in [0.5, 0.6) is 0 Å². The van der Waals surface area contributed by atoms with Crippen LogP contribution in [0.2, 0.25) is 0 Å². The number of halogens is 2. The Bertz CT molecular complexity index is 627. The summed E-state index contributed by atoms with van der Waals surface area (Å²) in [6.45, 7) is 4.50. The minimum atomic E-state index is -0.287. The Hall–Kier alpha value is -1.63. The van der Waals surface area contributed by atoms with Gasteiger partial charge in [0.05, 0.1) is 6.54 Å². The smallest absolute Gasteiger partial charge is 0.193 e. The molecule has 2 rings (SSSR count). The summed E-state index contributed by atoms with van der Waals surface area (Å²) in [5.41, 5.74) is 7.39. The van der Waals surface area contributed by atoms with Gasteiger partial charge >= 0.3 is 0 Å². The van der Waals surface area contributed by atoms with Crippen molar-refractivity contribution in [1.29, 1.82) is 0 Å². The summed E-state index contributed by atoms with van der Waals surface area (Å²) >= 11 is 0. The van der Waals surface area contributed by atoms with Gasteiger partial charge in [-0.2, -0.15) is 0 Å². The highest BCUT2D eigenvalue weighted by molar-refractivity contribution is 14.0. The number of nitrogens with one attached hydrogen (secondary N) is 1. The lowest BCUT2D eigenvalue weighted by atomic mass is 9.85. The van der Waals surface area contributed by atoms with Gasteiger partial charge in [-0.05, 0) is 29.8 Å². The van der Waals surface area contributed by atoms with E-state index in [9.17, 15) is 4.39 Å². The minimum Gasteiger partial charge on any atom is -0.370 e. The molecule has 0 aromatic heterocycles. The van der Waals surface area contributed by atoms with Crippen molar-refractivity contribution in [1.82, 2.24) is 0 Å². The van der Waals surface area contributed by atoms with E-state index in [0.29, 0.717) is 12.5 Å². The van der Waals surface area contributed by atoms with Crippen molar-refractivity contribution in [3.63, 3.8) is 0 Å². The summed E-state index contributed by atoms with van der Waals surface area (Å²) in [5.74, 6) is 0.116. The second-order valence-corrected chi connectivity index (χ2v) is 5.59. The standard InChI is InChI=1S/C17H20FN3.HI/c1-17(2,13-7-6-8-14(18)11-13)12-20-16(19)21-15-9-4-3-5-10-15;/h3-11H,12H2,1-2H3,(H3,19,20,21);1H. The maximum absolute atomic E-state index is 13.3. The summed E-state index contributed by atoms with van der Waals surface area (Å²) in [4.78, 5) is 4.36. The van der Waals surface area contributed by atoms with Crippen LogP contribution in [0.4, 0.5) is 10.1 Å². The van der Waals surface area contributed by atoms with E-state index in [2.05, 4.69) is 10.3 Å². The fourth-order valence-corrected chi connectivity index (χ4v) is 1.99. The molecule has 0 bridgehead atoms. The third kappa shape index (κ3) is 5.29. The fraction of sp³-hybridized carbons (Fsp3) is 0.235. The number of nitrogens with two attached hydrogens (primary N) is 1. The molecule has 0 aliphatic heterocycles. The molecule has 0 unspecified atom stereocenters. The summed E-state index contributed by atoms with van der Waals surface area (Å²) in [6, 6.07) is 16.2. The van der Waals surface area contributed by atoms with Crippen LogP contribution in [0.15, 0.2) is 59.6 Å². The molecule has 0 spiro atoms. The Balaban J connectivity index is 0.00000242. The average molecular weight is 413 g/mol. The quantitative estimate of drug-likeness (QED) is 0.450. The van der Waals surface area contributed by atoms with E-state index in [1.54, 1.807) is 6.07 Å². The number of benzene rings is 2. The maximum Gasteiger partial charge on any atom is 0.193 e. The first-order valence-corrected chi connectivity index (χ1v) is 6.85. The number of guanidine groups is 1. The number of rotatable bonds is 4. The second kappa shape index (κ2) is 8.12. The number of hydrogen-bond acceptors (Lipinski definition) is 1. The Morgan fingerprint density at radius 1 is 1.14 bits per heavy atom. The number of anilines is 1. The van der Waals surface area contributed by atoms with Gasteiger partial charge in [-0.1, -0.05) is 44.2 Å². The van der Waals surface area contributed by atoms with Gasteiger partial charge in [-0.3, -0.25) is 4.99 Å². The van der Waals surface area contributed by atoms with E-state index in [1.807, 2.05) is 50.2 Å². The molecule has 3 N–H and O–H groups in total. The lowest BCUT2D eigenvalue weighted by Gasteiger charge is -2.23. The Kier molecular flexibility index (Phi) is 6.80. The van der Waals surface area contributed by atoms with Crippen molar-refractivity contribution >= 4 is 35.6 Å². The molecule has 0 saturated heterocycles. The van der Waals surface area contributed by atoms with Crippen LogP contribution in [-0.4, -0.2) is 12.5 Å². The molecule has 0 saturated carbocycles. The fourth-order valence-electron chi connectivity index (χ4n) is 1.99. The largest absolute Gasteiger partial charge is 0.370 e. The van der Waals surface area contributed by atoms with Gasteiger partial charge in [-0.25, -0.2) is 4.39 Å². The summed E-state index contributed by atoms with van der Waals surface area (Å²) in [5, 5.41) is 3.03. The number of hydrogen-bond donors (Lipinski definition) is 2. The normalized spacial score (nSPS) is 11.7. The van der Waals surface area contributed by atoms with E-state index in [-0.39, 0.29) is 35.2 Å². The predicted octanol–water partition coefficient (Wildman–Crippen LogP) is 4.15. The highest BCUT2D eigenvalue weighted by Gasteiger charge is 2.20. The van der Waals surface area contributed by atoms with Crippen LogP contribution in [0.3, 0.4) is 0 Å². The number of aliphatic imine (C=N–C) groups is 1. The SMILES string of the molecule is CC(C)(CN=C(N)Nc1ccccc1)c1cccc(F)c1.I. The molecule has 0 aliphatic rings. The molecule has 2 aromatic rings. The molecule has 0 heterocycles. The van der Waals surface area contributed by atoms with Gasteiger partial charge in [0.15, 0.2) is 5.96 Å². The van der Waals surface area contributed by atoms with Crippen LogP contribution in [0.25, 0.3) is 0 Å². The van der Waals surface area contributed by atoms with Gasteiger partial charge in [-0.15, -0.1) is 24.0 Å². The zero-order valence-electron chi connectivity index (χ0n) is 12.7. The molecule has 0 radical (unpaired) electrons. The zero-order chi connectivity index (χ0) is 15.3. The van der Waals surface area contributed by atoms with Crippen molar-refractivity contribution in [2.24, 2.45) is 10.7 Å². The molecule has 22 heavy (non-hydrogen) atoms. The van der Waals surface area contributed by atoms with Crippen molar-refractivity contribution in [3.05, 3.63) is 66.0 Å². The number of para-hydroxylation sites is 1. The van der Waals surface area contributed by atoms with Gasteiger partial charge in [0.2, 0.25) is 0 Å². The highest BCUT2D eigenvalue weighted by Crippen LogP contribution is 2.24. The zero-order valence-corrected chi connectivity index (χ0v) is 15.0. The van der Waals surface area contributed by atoms with Gasteiger partial charge in [0.1, 0.15) is 5.82 Å². The molecule has 0 fully saturated rings. The van der Waals surface area contributed by atoms with Crippen molar-refractivity contribution in [2.45, 2.75) is 19.3 Å². The van der Waals surface area contributed by atoms with Gasteiger partial charge in [0.25, 0.3) is 0 Å². The van der Waals surface area contributed by atoms with E-state index in [0.717, 1.165) is 11.3 Å². The van der Waals surface area contributed by atoms with Gasteiger partial charge in [0, 0.05) is 11.1 Å². The third-order valence-corrected chi connectivity index (χ3v) is 3.30. The first-order valence-electron chi connectivity index (χ1n) is 6.85. The summed E-state index contributed by atoms with van der Waals surface area (Å²) < 4.78 is 13.3. The van der Waals surface area contributed by atoms with E-state index < -0.39 is 0 Å². The topological polar surface area (TPSA) is 50.4 Å². The molecular formula is C17H21FIN3. The van der Waals surface area contributed by atoms with Crippen molar-refractivity contribution < 1.29 is 4.39 Å². The monoisotopic (exact) mass is 413 g/mol. The first kappa shape index (κ1) is 18.4. The molecular weight excluding hydrogens is 392 g/mol. The van der Waals surface area contributed by atoms with Crippen LogP contribution >= 0.6 is 24.0 Å². The van der Waals surface area contributed by atoms with E-state index in [1.165, 1.54) is 12.1 Å². The summed E-state index contributed by atoms with van der Waals surface area (Å²) in [6.07, 6.45) is 0. The lowest BCUT2D eigenvalue weighted by Crippen LogP contribution is -2.27. The number of nitrogens with zero attached hydrogens (tertiary/aromatic N) is 1. The maximum atomic E-state index is 13.3. The van der Waals surface area contributed by atoms with Crippen molar-refractivity contribution in [3.8, 4) is 0 Å². The molecule has 0 aliphatic carbocycles. The average Bonchev–Trinajstić information content (AvgIpc) is 2.46. The molecule has 0 amide bonds. The van der Waals surface area contributed by atoms with Crippen LogP contribution < -0.4 is 11.1 Å². The molecule has 3 nitrogen and oxygen atoms in total. The predicted molar refractivity (Wildman–Crippen MR) is 101 cm³/mol. The summed E-state index contributed by atoms with van der Waals surface area (Å²) in [7, 11) is 0. The molecule has 0 atom stereocenters. The second-order valence-electron chi connectivity index (χ2n) is 5.59. The molecule has 5 heteroatoms. The Morgan fingerprint density at radius 2 is 1.82 bits per heavy atom. The van der Waals surface area contributed by atoms with E-state index >= 15 is 0 Å². The molecule has 2 aromatic carbocycles.